The molecule has 3 nitrogen and oxygen atoms in total. The second kappa shape index (κ2) is 6.07. The third-order valence-corrected chi connectivity index (χ3v) is 5.34. The van der Waals surface area contributed by atoms with Crippen molar-refractivity contribution in [2.45, 2.75) is 24.6 Å². The highest BCUT2D eigenvalue weighted by molar-refractivity contribution is 9.11. The smallest absolute Gasteiger partial charge is 0.338 e. The van der Waals surface area contributed by atoms with Gasteiger partial charge >= 0.3 is 5.97 Å². The van der Waals surface area contributed by atoms with Crippen molar-refractivity contribution in [1.29, 1.82) is 0 Å². The summed E-state index contributed by atoms with van der Waals surface area (Å²) in [4.78, 5) is 16.9. The predicted molar refractivity (Wildman–Crippen MR) is 82.3 cm³/mol. The molecule has 2 aromatic rings. The molecule has 100 valence electrons. The summed E-state index contributed by atoms with van der Waals surface area (Å²) in [6, 6.07) is 5.83. The van der Waals surface area contributed by atoms with E-state index in [1.165, 1.54) is 16.6 Å². The maximum atomic E-state index is 11.3. The molecule has 0 amide bonds. The number of pyridine rings is 1. The molecular weight excluding hydrogens is 346 g/mol. The lowest BCUT2D eigenvalue weighted by Gasteiger charge is -2.08. The third-order valence-electron chi connectivity index (χ3n) is 2.51. The van der Waals surface area contributed by atoms with Gasteiger partial charge in [0.25, 0.3) is 0 Å². The minimum atomic E-state index is -0.917. The average Bonchev–Trinajstić information content (AvgIpc) is 2.71. The quantitative estimate of drug-likeness (QED) is 0.817. The van der Waals surface area contributed by atoms with Gasteiger partial charge in [-0.15, -0.1) is 11.3 Å². The van der Waals surface area contributed by atoms with Crippen molar-refractivity contribution in [3.63, 3.8) is 0 Å². The number of hydrogen-bond donors (Lipinski definition) is 1. The van der Waals surface area contributed by atoms with E-state index in [1.54, 1.807) is 17.4 Å². The molecule has 0 atom stereocenters. The lowest BCUT2D eigenvalue weighted by Crippen LogP contribution is -2.05. The Hall–Kier alpha value is -0.850. The Kier molecular flexibility index (Phi) is 4.65. The van der Waals surface area contributed by atoms with E-state index in [0.29, 0.717) is 10.6 Å². The number of carboxylic acid groups (broad SMARTS) is 1. The van der Waals surface area contributed by atoms with Crippen molar-refractivity contribution in [2.24, 2.45) is 0 Å². The first kappa shape index (κ1) is 14.6. The molecule has 6 heteroatoms. The zero-order valence-corrected chi connectivity index (χ0v) is 13.7. The molecule has 2 rings (SSSR count). The van der Waals surface area contributed by atoms with Crippen molar-refractivity contribution in [1.82, 2.24) is 4.98 Å². The standard InChI is InChI=1S/C13H12BrNO2S2/c1-7-5-8(2)15-12(11(7)13(16)17)18-6-9-3-4-10(14)19-9/h3-5H,6H2,1-2H3,(H,16,17). The van der Waals surface area contributed by atoms with Crippen LogP contribution < -0.4 is 0 Å². The maximum absolute atomic E-state index is 11.3. The second-order valence-electron chi connectivity index (χ2n) is 4.06. The van der Waals surface area contributed by atoms with Crippen molar-refractivity contribution >= 4 is 45.0 Å². The van der Waals surface area contributed by atoms with E-state index in [9.17, 15) is 9.90 Å². The molecule has 0 aromatic carbocycles. The van der Waals surface area contributed by atoms with E-state index in [0.717, 1.165) is 20.8 Å². The van der Waals surface area contributed by atoms with Crippen LogP contribution in [0.25, 0.3) is 0 Å². The molecule has 0 aliphatic rings. The maximum Gasteiger partial charge on any atom is 0.338 e. The van der Waals surface area contributed by atoms with Gasteiger partial charge in [-0.2, -0.15) is 0 Å². The zero-order chi connectivity index (χ0) is 14.0. The first-order valence-electron chi connectivity index (χ1n) is 5.56. The number of rotatable bonds is 4. The number of thiophene rings is 1. The highest BCUT2D eigenvalue weighted by Crippen LogP contribution is 2.31. The Morgan fingerprint density at radius 3 is 2.79 bits per heavy atom. The number of aromatic nitrogens is 1. The van der Waals surface area contributed by atoms with Gasteiger partial charge < -0.3 is 5.11 Å². The molecule has 0 spiro atoms. The fourth-order valence-electron chi connectivity index (χ4n) is 1.74. The molecule has 0 bridgehead atoms. The molecule has 0 aliphatic carbocycles. The number of carbonyl (C=O) groups is 1. The largest absolute Gasteiger partial charge is 0.478 e. The fraction of sp³-hybridized carbons (Fsp3) is 0.231. The third kappa shape index (κ3) is 3.58. The molecule has 0 unspecified atom stereocenters. The van der Waals surface area contributed by atoms with Crippen molar-refractivity contribution in [3.8, 4) is 0 Å². The second-order valence-corrected chi connectivity index (χ2v) is 7.57. The molecule has 0 fully saturated rings. The van der Waals surface area contributed by atoms with Gasteiger partial charge in [0.1, 0.15) is 5.03 Å². The van der Waals surface area contributed by atoms with E-state index in [2.05, 4.69) is 20.9 Å². The number of thioether (sulfide) groups is 1. The van der Waals surface area contributed by atoms with Gasteiger partial charge in [-0.25, -0.2) is 9.78 Å². The van der Waals surface area contributed by atoms with Crippen LogP contribution in [-0.2, 0) is 5.75 Å². The molecule has 19 heavy (non-hydrogen) atoms. The van der Waals surface area contributed by atoms with Gasteiger partial charge in [0.05, 0.1) is 9.35 Å². The van der Waals surface area contributed by atoms with Crippen LogP contribution >= 0.6 is 39.0 Å². The minimum Gasteiger partial charge on any atom is -0.478 e. The first-order valence-corrected chi connectivity index (χ1v) is 8.15. The monoisotopic (exact) mass is 357 g/mol. The van der Waals surface area contributed by atoms with Crippen LogP contribution in [-0.4, -0.2) is 16.1 Å². The van der Waals surface area contributed by atoms with E-state index in [1.807, 2.05) is 26.0 Å². The zero-order valence-electron chi connectivity index (χ0n) is 10.4. The molecule has 0 radical (unpaired) electrons. The van der Waals surface area contributed by atoms with Crippen LogP contribution in [0.2, 0.25) is 0 Å². The summed E-state index contributed by atoms with van der Waals surface area (Å²) in [5.41, 5.74) is 1.92. The van der Waals surface area contributed by atoms with Crippen LogP contribution in [0.5, 0.6) is 0 Å². The highest BCUT2D eigenvalue weighted by Gasteiger charge is 2.16. The number of halogens is 1. The van der Waals surface area contributed by atoms with Crippen molar-refractivity contribution < 1.29 is 9.90 Å². The molecule has 0 saturated heterocycles. The summed E-state index contributed by atoms with van der Waals surface area (Å²) in [5.74, 6) is -0.188. The summed E-state index contributed by atoms with van der Waals surface area (Å²) < 4.78 is 1.08. The summed E-state index contributed by atoms with van der Waals surface area (Å²) >= 11 is 6.54. The Balaban J connectivity index is 2.26. The number of carboxylic acids is 1. The predicted octanol–water partition coefficient (Wildman–Crippen LogP) is 4.51. The fourth-order valence-corrected chi connectivity index (χ4v) is 4.40. The first-order chi connectivity index (χ1) is 8.97. The summed E-state index contributed by atoms with van der Waals surface area (Å²) in [6.07, 6.45) is 0. The summed E-state index contributed by atoms with van der Waals surface area (Å²) in [5, 5.41) is 9.87. The Morgan fingerprint density at radius 2 is 2.21 bits per heavy atom. The van der Waals surface area contributed by atoms with Gasteiger partial charge in [-0.3, -0.25) is 0 Å². The SMILES string of the molecule is Cc1cc(C)c(C(=O)O)c(SCc2ccc(Br)s2)n1. The topological polar surface area (TPSA) is 50.2 Å². The van der Waals surface area contributed by atoms with E-state index < -0.39 is 5.97 Å². The summed E-state index contributed by atoms with van der Waals surface area (Å²) in [7, 11) is 0. The van der Waals surface area contributed by atoms with Crippen molar-refractivity contribution in [3.05, 3.63) is 43.7 Å². The van der Waals surface area contributed by atoms with E-state index in [4.69, 9.17) is 0 Å². The normalized spacial score (nSPS) is 10.7. The van der Waals surface area contributed by atoms with E-state index in [-0.39, 0.29) is 0 Å². The van der Waals surface area contributed by atoms with Gasteiger partial charge in [0.15, 0.2) is 0 Å². The van der Waals surface area contributed by atoms with E-state index >= 15 is 0 Å². The number of aryl methyl sites for hydroxylation is 2. The van der Waals surface area contributed by atoms with Crippen molar-refractivity contribution in [2.75, 3.05) is 0 Å². The molecular formula is C13H12BrNO2S2. The van der Waals surface area contributed by atoms with Gasteiger partial charge in [-0.1, -0.05) is 11.8 Å². The molecule has 2 heterocycles. The van der Waals surface area contributed by atoms with Crippen LogP contribution in [0, 0.1) is 13.8 Å². The van der Waals surface area contributed by atoms with Crippen LogP contribution in [0.15, 0.2) is 27.0 Å². The molecule has 1 N–H and O–H groups in total. The Bertz CT molecular complexity index is 625. The van der Waals surface area contributed by atoms with Gasteiger partial charge in [-0.05, 0) is 53.5 Å². The van der Waals surface area contributed by atoms with Crippen LogP contribution in [0.1, 0.15) is 26.5 Å². The molecule has 0 saturated carbocycles. The van der Waals surface area contributed by atoms with Gasteiger partial charge in [0.2, 0.25) is 0 Å². The van der Waals surface area contributed by atoms with Crippen LogP contribution in [0.3, 0.4) is 0 Å². The number of nitrogens with zero attached hydrogens (tertiary/aromatic N) is 1. The lowest BCUT2D eigenvalue weighted by atomic mass is 10.1. The Labute approximate surface area is 128 Å². The summed E-state index contributed by atoms with van der Waals surface area (Å²) in [6.45, 7) is 3.69. The highest BCUT2D eigenvalue weighted by atomic mass is 79.9. The average molecular weight is 358 g/mol. The molecule has 2 aromatic heterocycles. The number of aromatic carboxylic acids is 1. The Morgan fingerprint density at radius 1 is 1.47 bits per heavy atom. The van der Waals surface area contributed by atoms with Crippen LogP contribution in [0.4, 0.5) is 0 Å². The van der Waals surface area contributed by atoms with Gasteiger partial charge in [0, 0.05) is 16.3 Å². The molecule has 0 aliphatic heterocycles. The number of hydrogen-bond acceptors (Lipinski definition) is 4. The lowest BCUT2D eigenvalue weighted by molar-refractivity contribution is 0.0691. The minimum absolute atomic E-state index is 0.311.